The fourth-order valence-corrected chi connectivity index (χ4v) is 2.79. The molecule has 0 unspecified atom stereocenters. The normalized spacial score (nSPS) is 42.3. The van der Waals surface area contributed by atoms with Gasteiger partial charge in [0.25, 0.3) is 0 Å². The molecule has 0 aromatic carbocycles. The van der Waals surface area contributed by atoms with E-state index < -0.39 is 5.60 Å². The first kappa shape index (κ1) is 9.00. The number of fused-ring (bicyclic) bond motifs is 2. The van der Waals surface area contributed by atoms with Crippen LogP contribution in [0.1, 0.15) is 32.6 Å². The van der Waals surface area contributed by atoms with Crippen LogP contribution >= 0.6 is 0 Å². The van der Waals surface area contributed by atoms with Crippen molar-refractivity contribution in [1.29, 1.82) is 0 Å². The minimum Gasteiger partial charge on any atom is -0.465 e. The molecular formula is C10H16O3. The van der Waals surface area contributed by atoms with Gasteiger partial charge in [-0.2, -0.15) is 0 Å². The van der Waals surface area contributed by atoms with Gasteiger partial charge in [0.05, 0.1) is 12.2 Å². The lowest BCUT2D eigenvalue weighted by atomic mass is 9.86. The predicted octanol–water partition coefficient (Wildman–Crippen LogP) is 1.10. The Bertz CT molecular complexity index is 226. The first-order chi connectivity index (χ1) is 6.10. The molecule has 2 aliphatic rings. The standard InChI is InChI=1S/C10H16O3/c1-7(11)13-6-9-4-8-2-3-10(9,12)5-8/h8-9,12H,2-6H2,1H3/t8-,9+,10+/m0/s1. The summed E-state index contributed by atoms with van der Waals surface area (Å²) in [4.78, 5) is 10.6. The second-order valence-corrected chi connectivity index (χ2v) is 4.45. The van der Waals surface area contributed by atoms with Crippen molar-refractivity contribution in [1.82, 2.24) is 0 Å². The van der Waals surface area contributed by atoms with Crippen LogP contribution in [0.3, 0.4) is 0 Å². The van der Waals surface area contributed by atoms with Crippen molar-refractivity contribution < 1.29 is 14.6 Å². The zero-order valence-electron chi connectivity index (χ0n) is 7.95. The van der Waals surface area contributed by atoms with E-state index in [9.17, 15) is 9.90 Å². The molecule has 3 atom stereocenters. The molecule has 2 rings (SSSR count). The molecule has 0 radical (unpaired) electrons. The van der Waals surface area contributed by atoms with Crippen LogP contribution in [0.2, 0.25) is 0 Å². The number of carbonyl (C=O) groups excluding carboxylic acids is 1. The van der Waals surface area contributed by atoms with Crippen LogP contribution in [0.5, 0.6) is 0 Å². The van der Waals surface area contributed by atoms with E-state index >= 15 is 0 Å². The molecule has 2 fully saturated rings. The van der Waals surface area contributed by atoms with Gasteiger partial charge in [0.15, 0.2) is 0 Å². The summed E-state index contributed by atoms with van der Waals surface area (Å²) in [5.41, 5.74) is -0.514. The number of hydrogen-bond acceptors (Lipinski definition) is 3. The number of esters is 1. The molecule has 74 valence electrons. The molecule has 0 aromatic rings. The topological polar surface area (TPSA) is 46.5 Å². The van der Waals surface area contributed by atoms with Crippen molar-refractivity contribution in [3.05, 3.63) is 0 Å². The summed E-state index contributed by atoms with van der Waals surface area (Å²) in [7, 11) is 0. The zero-order chi connectivity index (χ0) is 9.47. The molecule has 2 bridgehead atoms. The minimum absolute atomic E-state index is 0.190. The maximum atomic E-state index is 10.6. The fraction of sp³-hybridized carbons (Fsp3) is 0.900. The first-order valence-corrected chi connectivity index (χ1v) is 4.96. The molecule has 0 heterocycles. The fourth-order valence-electron chi connectivity index (χ4n) is 2.79. The van der Waals surface area contributed by atoms with Crippen molar-refractivity contribution >= 4 is 5.97 Å². The van der Waals surface area contributed by atoms with Crippen molar-refractivity contribution in [2.75, 3.05) is 6.61 Å². The summed E-state index contributed by atoms with van der Waals surface area (Å²) in [5.74, 6) is 0.618. The Morgan fingerprint density at radius 3 is 2.92 bits per heavy atom. The van der Waals surface area contributed by atoms with E-state index in [1.807, 2.05) is 0 Å². The molecule has 0 spiro atoms. The molecule has 3 nitrogen and oxygen atoms in total. The van der Waals surface area contributed by atoms with Crippen LogP contribution in [-0.4, -0.2) is 23.3 Å². The van der Waals surface area contributed by atoms with Crippen LogP contribution < -0.4 is 0 Å². The lowest BCUT2D eigenvalue weighted by molar-refractivity contribution is -0.145. The first-order valence-electron chi connectivity index (χ1n) is 4.96. The maximum absolute atomic E-state index is 10.6. The molecule has 2 aliphatic carbocycles. The Balaban J connectivity index is 1.91. The summed E-state index contributed by atoms with van der Waals surface area (Å²) < 4.78 is 4.94. The summed E-state index contributed by atoms with van der Waals surface area (Å²) in [6.45, 7) is 1.82. The van der Waals surface area contributed by atoms with Crippen LogP contribution in [0, 0.1) is 11.8 Å². The number of ether oxygens (including phenoxy) is 1. The number of hydrogen-bond donors (Lipinski definition) is 1. The zero-order valence-corrected chi connectivity index (χ0v) is 7.95. The monoisotopic (exact) mass is 184 g/mol. The van der Waals surface area contributed by atoms with Crippen molar-refractivity contribution in [3.8, 4) is 0 Å². The molecule has 1 N–H and O–H groups in total. The van der Waals surface area contributed by atoms with Gasteiger partial charge in [-0.3, -0.25) is 4.79 Å². The Labute approximate surface area is 78.1 Å². The molecule has 0 aliphatic heterocycles. The average molecular weight is 184 g/mol. The maximum Gasteiger partial charge on any atom is 0.302 e. The van der Waals surface area contributed by atoms with Gasteiger partial charge in [-0.25, -0.2) is 0 Å². The Kier molecular flexibility index (Phi) is 2.06. The number of aliphatic hydroxyl groups is 1. The largest absolute Gasteiger partial charge is 0.465 e. The second kappa shape index (κ2) is 2.98. The third kappa shape index (κ3) is 1.57. The molecule has 2 saturated carbocycles. The predicted molar refractivity (Wildman–Crippen MR) is 47.0 cm³/mol. The van der Waals surface area contributed by atoms with E-state index in [1.54, 1.807) is 0 Å². The van der Waals surface area contributed by atoms with E-state index in [-0.39, 0.29) is 11.9 Å². The van der Waals surface area contributed by atoms with Gasteiger partial charge in [-0.05, 0) is 31.6 Å². The van der Waals surface area contributed by atoms with E-state index in [1.165, 1.54) is 6.92 Å². The van der Waals surface area contributed by atoms with Gasteiger partial charge in [-0.1, -0.05) is 0 Å². The van der Waals surface area contributed by atoms with Gasteiger partial charge < -0.3 is 9.84 Å². The van der Waals surface area contributed by atoms with Gasteiger partial charge in [0, 0.05) is 12.8 Å². The Morgan fingerprint density at radius 2 is 2.46 bits per heavy atom. The number of rotatable bonds is 2. The molecule has 13 heavy (non-hydrogen) atoms. The van der Waals surface area contributed by atoms with Crippen LogP contribution in [-0.2, 0) is 9.53 Å². The molecule has 3 heteroatoms. The minimum atomic E-state index is -0.514. The van der Waals surface area contributed by atoms with E-state index in [4.69, 9.17) is 4.74 Å². The summed E-state index contributed by atoms with van der Waals surface area (Å²) in [5, 5.41) is 10.1. The lowest BCUT2D eigenvalue weighted by Gasteiger charge is -2.29. The molecular weight excluding hydrogens is 168 g/mol. The van der Waals surface area contributed by atoms with E-state index in [0.29, 0.717) is 12.5 Å². The van der Waals surface area contributed by atoms with E-state index in [2.05, 4.69) is 0 Å². The highest BCUT2D eigenvalue weighted by Crippen LogP contribution is 2.51. The summed E-state index contributed by atoms with van der Waals surface area (Å²) in [6, 6.07) is 0. The highest BCUT2D eigenvalue weighted by atomic mass is 16.5. The molecule has 0 saturated heterocycles. The summed E-state index contributed by atoms with van der Waals surface area (Å²) >= 11 is 0. The quantitative estimate of drug-likeness (QED) is 0.654. The van der Waals surface area contributed by atoms with Crippen LogP contribution in [0.15, 0.2) is 0 Å². The smallest absolute Gasteiger partial charge is 0.302 e. The highest BCUT2D eigenvalue weighted by Gasteiger charge is 2.51. The third-order valence-corrected chi connectivity index (χ3v) is 3.49. The van der Waals surface area contributed by atoms with Crippen molar-refractivity contribution in [2.24, 2.45) is 11.8 Å². The van der Waals surface area contributed by atoms with Gasteiger partial charge >= 0.3 is 5.97 Å². The van der Waals surface area contributed by atoms with Crippen LogP contribution in [0.4, 0.5) is 0 Å². The third-order valence-electron chi connectivity index (χ3n) is 3.49. The summed E-state index contributed by atoms with van der Waals surface area (Å²) in [6.07, 6.45) is 3.99. The lowest BCUT2D eigenvalue weighted by Crippen LogP contribution is -2.35. The molecule has 0 amide bonds. The molecule has 0 aromatic heterocycles. The van der Waals surface area contributed by atoms with Crippen molar-refractivity contribution in [3.63, 3.8) is 0 Å². The van der Waals surface area contributed by atoms with Gasteiger partial charge in [-0.15, -0.1) is 0 Å². The Hall–Kier alpha value is -0.570. The second-order valence-electron chi connectivity index (χ2n) is 4.45. The Morgan fingerprint density at radius 1 is 1.69 bits per heavy atom. The van der Waals surface area contributed by atoms with Crippen LogP contribution in [0.25, 0.3) is 0 Å². The van der Waals surface area contributed by atoms with Gasteiger partial charge in [0.2, 0.25) is 0 Å². The van der Waals surface area contributed by atoms with Crippen molar-refractivity contribution in [2.45, 2.75) is 38.2 Å². The average Bonchev–Trinajstić information content (AvgIpc) is 2.55. The highest BCUT2D eigenvalue weighted by molar-refractivity contribution is 5.65. The van der Waals surface area contributed by atoms with Gasteiger partial charge in [0.1, 0.15) is 0 Å². The SMILES string of the molecule is CC(=O)OC[C@H]1C[C@@H]2CC[C@@]1(O)C2. The van der Waals surface area contributed by atoms with E-state index in [0.717, 1.165) is 25.7 Å². The number of carbonyl (C=O) groups is 1.